The SMILES string of the molecule is CN(Cc1ccccc1)C(=O)C12CCCC(C(=O)CC3c4ccccc4-c4cncn43)(CC1)CC2. The lowest BCUT2D eigenvalue weighted by molar-refractivity contribution is -0.146. The van der Waals surface area contributed by atoms with E-state index >= 15 is 0 Å². The van der Waals surface area contributed by atoms with Crippen molar-refractivity contribution in [3.63, 3.8) is 0 Å². The maximum Gasteiger partial charge on any atom is 0.228 e. The van der Waals surface area contributed by atoms with Gasteiger partial charge in [-0.05, 0) is 49.7 Å². The van der Waals surface area contributed by atoms with Gasteiger partial charge in [0.2, 0.25) is 5.91 Å². The summed E-state index contributed by atoms with van der Waals surface area (Å²) in [6.45, 7) is 0.639. The standard InChI is InChI=1S/C30H33N3O2/c1-32(20-22-8-3-2-4-9-22)28(35)30-13-7-12-29(14-16-30,15-17-30)27(34)18-25-23-10-5-6-11-24(23)26-19-31-21-33(25)26/h2-6,8-11,19,21,25H,7,12-18,20H2,1H3. The minimum absolute atomic E-state index is 0.0270. The van der Waals surface area contributed by atoms with E-state index in [1.165, 1.54) is 11.1 Å². The van der Waals surface area contributed by atoms with Gasteiger partial charge in [0.15, 0.2) is 0 Å². The summed E-state index contributed by atoms with van der Waals surface area (Å²) in [6, 6.07) is 18.6. The van der Waals surface area contributed by atoms with Crippen molar-refractivity contribution in [3.8, 4) is 11.3 Å². The van der Waals surface area contributed by atoms with E-state index in [9.17, 15) is 9.59 Å². The number of aromatic nitrogens is 2. The van der Waals surface area contributed by atoms with Crippen molar-refractivity contribution < 1.29 is 9.59 Å². The highest BCUT2D eigenvalue weighted by Gasteiger charge is 2.53. The van der Waals surface area contributed by atoms with Crippen molar-refractivity contribution in [1.82, 2.24) is 14.5 Å². The van der Waals surface area contributed by atoms with Gasteiger partial charge in [-0.2, -0.15) is 0 Å². The average Bonchev–Trinajstić information content (AvgIpc) is 3.34. The molecule has 4 aliphatic rings. The predicted octanol–water partition coefficient (Wildman–Crippen LogP) is 5.80. The van der Waals surface area contributed by atoms with Crippen LogP contribution in [0, 0.1) is 10.8 Å². The van der Waals surface area contributed by atoms with Gasteiger partial charge in [0.1, 0.15) is 5.78 Å². The number of hydrogen-bond acceptors (Lipinski definition) is 3. The van der Waals surface area contributed by atoms with Gasteiger partial charge in [-0.3, -0.25) is 9.59 Å². The van der Waals surface area contributed by atoms with Gasteiger partial charge in [0.25, 0.3) is 0 Å². The van der Waals surface area contributed by atoms with E-state index in [0.717, 1.165) is 56.2 Å². The largest absolute Gasteiger partial charge is 0.341 e. The summed E-state index contributed by atoms with van der Waals surface area (Å²) in [5.41, 5.74) is 4.09. The van der Waals surface area contributed by atoms with E-state index in [0.29, 0.717) is 18.7 Å². The number of ketones is 1. The van der Waals surface area contributed by atoms with E-state index in [2.05, 4.69) is 45.9 Å². The second kappa shape index (κ2) is 8.47. The molecule has 180 valence electrons. The number of amides is 1. The molecule has 2 heterocycles. The summed E-state index contributed by atoms with van der Waals surface area (Å²) >= 11 is 0. The molecule has 5 heteroatoms. The van der Waals surface area contributed by atoms with Gasteiger partial charge in [0.05, 0.1) is 24.3 Å². The monoisotopic (exact) mass is 467 g/mol. The number of hydrogen-bond donors (Lipinski definition) is 0. The molecule has 1 amide bonds. The molecule has 0 saturated heterocycles. The summed E-state index contributed by atoms with van der Waals surface area (Å²) < 4.78 is 2.17. The summed E-state index contributed by atoms with van der Waals surface area (Å²) in [6.07, 6.45) is 10.4. The Morgan fingerprint density at radius 3 is 2.43 bits per heavy atom. The maximum absolute atomic E-state index is 13.9. The molecule has 0 N–H and O–H groups in total. The quantitative estimate of drug-likeness (QED) is 0.460. The first-order valence-corrected chi connectivity index (χ1v) is 13.0. The van der Waals surface area contributed by atoms with Crippen LogP contribution in [0.3, 0.4) is 0 Å². The fourth-order valence-electron chi connectivity index (χ4n) is 7.08. The Hall–Kier alpha value is -3.21. The van der Waals surface area contributed by atoms with Crippen LogP contribution in [0.25, 0.3) is 11.3 Å². The zero-order valence-corrected chi connectivity index (χ0v) is 20.5. The van der Waals surface area contributed by atoms with E-state index in [4.69, 9.17) is 0 Å². The van der Waals surface area contributed by atoms with Crippen LogP contribution in [-0.2, 0) is 16.1 Å². The number of benzene rings is 2. The number of imidazole rings is 1. The van der Waals surface area contributed by atoms with Crippen LogP contribution in [0.15, 0.2) is 67.1 Å². The summed E-state index contributed by atoms with van der Waals surface area (Å²) in [4.78, 5) is 33.9. The molecule has 2 bridgehead atoms. The first-order valence-electron chi connectivity index (χ1n) is 13.0. The van der Waals surface area contributed by atoms with Crippen LogP contribution in [0.5, 0.6) is 0 Å². The number of fused-ring (bicyclic) bond motifs is 7. The van der Waals surface area contributed by atoms with Crippen LogP contribution in [0.4, 0.5) is 0 Å². The van der Waals surface area contributed by atoms with Crippen molar-refractivity contribution in [1.29, 1.82) is 0 Å². The third-order valence-electron chi connectivity index (χ3n) is 9.11. The molecule has 1 unspecified atom stereocenters. The van der Waals surface area contributed by atoms with E-state index in [1.54, 1.807) is 0 Å². The van der Waals surface area contributed by atoms with Gasteiger partial charge in [-0.1, -0.05) is 61.0 Å². The first-order chi connectivity index (χ1) is 17.0. The van der Waals surface area contributed by atoms with E-state index in [-0.39, 0.29) is 22.8 Å². The number of carbonyl (C=O) groups is 2. The topological polar surface area (TPSA) is 55.2 Å². The predicted molar refractivity (Wildman–Crippen MR) is 136 cm³/mol. The first kappa shape index (κ1) is 22.3. The van der Waals surface area contributed by atoms with Crippen LogP contribution in [0.2, 0.25) is 0 Å². The number of nitrogens with zero attached hydrogens (tertiary/aromatic N) is 3. The molecule has 3 aromatic rings. The molecule has 1 atom stereocenters. The van der Waals surface area contributed by atoms with Gasteiger partial charge >= 0.3 is 0 Å². The lowest BCUT2D eigenvalue weighted by atomic mass is 9.62. The summed E-state index contributed by atoms with van der Waals surface area (Å²) in [7, 11) is 1.93. The Bertz CT molecular complexity index is 1250. The second-order valence-corrected chi connectivity index (χ2v) is 11.0. The fraction of sp³-hybridized carbons (Fsp3) is 0.433. The summed E-state index contributed by atoms with van der Waals surface area (Å²) in [5, 5.41) is 0. The van der Waals surface area contributed by atoms with Crippen molar-refractivity contribution in [2.24, 2.45) is 10.8 Å². The van der Waals surface area contributed by atoms with Crippen molar-refractivity contribution in [2.75, 3.05) is 7.05 Å². The highest BCUT2D eigenvalue weighted by molar-refractivity contribution is 5.88. The number of rotatable bonds is 6. The molecule has 1 aliphatic heterocycles. The Labute approximate surface area is 207 Å². The Morgan fingerprint density at radius 2 is 1.63 bits per heavy atom. The number of carbonyl (C=O) groups excluding carboxylic acids is 2. The zero-order chi connectivity index (χ0) is 24.0. The minimum Gasteiger partial charge on any atom is -0.341 e. The number of Topliss-reactive ketones (excluding diaryl/α,β-unsaturated/α-hetero) is 1. The lowest BCUT2D eigenvalue weighted by Gasteiger charge is -2.43. The smallest absolute Gasteiger partial charge is 0.228 e. The lowest BCUT2D eigenvalue weighted by Crippen LogP contribution is -2.45. The maximum atomic E-state index is 13.9. The molecule has 7 rings (SSSR count). The highest BCUT2D eigenvalue weighted by atomic mass is 16.2. The van der Waals surface area contributed by atoms with Gasteiger partial charge in [0, 0.05) is 36.4 Å². The Morgan fingerprint density at radius 1 is 0.943 bits per heavy atom. The molecule has 5 nitrogen and oxygen atoms in total. The van der Waals surface area contributed by atoms with Crippen LogP contribution in [0.1, 0.15) is 68.5 Å². The van der Waals surface area contributed by atoms with Gasteiger partial charge in [-0.15, -0.1) is 0 Å². The third-order valence-corrected chi connectivity index (χ3v) is 9.11. The fourth-order valence-corrected chi connectivity index (χ4v) is 7.08. The minimum atomic E-state index is -0.304. The zero-order valence-electron chi connectivity index (χ0n) is 20.5. The third kappa shape index (κ3) is 3.64. The van der Waals surface area contributed by atoms with Gasteiger partial charge in [-0.25, -0.2) is 4.98 Å². The van der Waals surface area contributed by atoms with Crippen molar-refractivity contribution >= 4 is 11.7 Å². The molecule has 3 fully saturated rings. The van der Waals surface area contributed by atoms with Crippen LogP contribution in [-0.4, -0.2) is 33.2 Å². The van der Waals surface area contributed by atoms with Crippen molar-refractivity contribution in [2.45, 2.75) is 64.0 Å². The molecule has 0 spiro atoms. The molecule has 0 radical (unpaired) electrons. The van der Waals surface area contributed by atoms with Gasteiger partial charge < -0.3 is 9.47 Å². The van der Waals surface area contributed by atoms with Crippen LogP contribution >= 0.6 is 0 Å². The average molecular weight is 468 g/mol. The Balaban J connectivity index is 1.18. The van der Waals surface area contributed by atoms with Crippen LogP contribution < -0.4 is 0 Å². The van der Waals surface area contributed by atoms with E-state index < -0.39 is 0 Å². The van der Waals surface area contributed by atoms with Crippen molar-refractivity contribution in [3.05, 3.63) is 78.2 Å². The normalized spacial score (nSPS) is 26.6. The highest BCUT2D eigenvalue weighted by Crippen LogP contribution is 2.56. The summed E-state index contributed by atoms with van der Waals surface area (Å²) in [5.74, 6) is 0.636. The van der Waals surface area contributed by atoms with E-state index in [1.807, 2.05) is 42.7 Å². The second-order valence-electron chi connectivity index (χ2n) is 11.0. The molecular weight excluding hydrogens is 434 g/mol. The molecule has 35 heavy (non-hydrogen) atoms. The molecule has 3 aliphatic carbocycles. The molecule has 2 aromatic carbocycles. The molecule has 1 aromatic heterocycles. The molecular formula is C30H33N3O2. The Kier molecular flexibility index (Phi) is 5.39. The molecule has 3 saturated carbocycles.